The van der Waals surface area contributed by atoms with Crippen LogP contribution in [0.1, 0.15) is 21.9 Å². The highest BCUT2D eigenvalue weighted by Gasteiger charge is 2.21. The molecule has 0 radical (unpaired) electrons. The van der Waals surface area contributed by atoms with E-state index >= 15 is 0 Å². The minimum atomic E-state index is -0.170. The van der Waals surface area contributed by atoms with Crippen LogP contribution in [-0.2, 0) is 13.1 Å². The van der Waals surface area contributed by atoms with Gasteiger partial charge >= 0.3 is 0 Å². The second-order valence-electron chi connectivity index (χ2n) is 6.18. The number of hydrogen-bond acceptors (Lipinski definition) is 3. The summed E-state index contributed by atoms with van der Waals surface area (Å²) >= 11 is 0. The summed E-state index contributed by atoms with van der Waals surface area (Å²) in [6.45, 7) is 0.961. The first-order valence-electron chi connectivity index (χ1n) is 8.76. The molecule has 2 aromatic carbocycles. The molecule has 2 aromatic heterocycles. The molecule has 0 N–H and O–H groups in total. The second kappa shape index (κ2) is 7.74. The highest BCUT2D eigenvalue weighted by Crippen LogP contribution is 2.21. The third kappa shape index (κ3) is 3.98. The average molecular weight is 357 g/mol. The van der Waals surface area contributed by atoms with E-state index in [4.69, 9.17) is 4.42 Å². The molecule has 0 atom stereocenters. The predicted molar refractivity (Wildman–Crippen MR) is 103 cm³/mol. The molecule has 0 spiro atoms. The monoisotopic (exact) mass is 357 g/mol. The number of para-hydroxylation sites is 1. The van der Waals surface area contributed by atoms with Gasteiger partial charge in [0.05, 0.1) is 13.1 Å². The van der Waals surface area contributed by atoms with Crippen molar-refractivity contribution < 1.29 is 9.21 Å². The lowest BCUT2D eigenvalue weighted by Crippen LogP contribution is -2.30. The third-order valence-corrected chi connectivity index (χ3v) is 4.25. The Balaban J connectivity index is 1.59. The number of aromatic nitrogens is 2. The molecule has 4 aromatic rings. The number of furan rings is 1. The maximum absolute atomic E-state index is 13.2. The maximum atomic E-state index is 13.2. The van der Waals surface area contributed by atoms with E-state index in [1.165, 1.54) is 0 Å². The summed E-state index contributed by atoms with van der Waals surface area (Å²) in [5, 5.41) is 4.17. The van der Waals surface area contributed by atoms with Gasteiger partial charge in [0, 0.05) is 18.1 Å². The molecule has 0 aliphatic carbocycles. The van der Waals surface area contributed by atoms with E-state index in [0.717, 1.165) is 11.3 Å². The summed E-state index contributed by atoms with van der Waals surface area (Å²) in [6, 6.07) is 24.9. The van der Waals surface area contributed by atoms with Gasteiger partial charge in [0.25, 0.3) is 5.91 Å². The van der Waals surface area contributed by atoms with E-state index in [0.29, 0.717) is 24.6 Å². The van der Waals surface area contributed by atoms with Gasteiger partial charge in [0.1, 0.15) is 5.76 Å². The first-order valence-corrected chi connectivity index (χ1v) is 8.76. The summed E-state index contributed by atoms with van der Waals surface area (Å²) in [6.07, 6.45) is 3.57. The van der Waals surface area contributed by atoms with Crippen molar-refractivity contribution in [1.29, 1.82) is 0 Å². The molecule has 27 heavy (non-hydrogen) atoms. The van der Waals surface area contributed by atoms with Gasteiger partial charge in [-0.2, -0.15) is 5.10 Å². The van der Waals surface area contributed by atoms with Crippen LogP contribution in [-0.4, -0.2) is 15.7 Å². The van der Waals surface area contributed by atoms with Crippen molar-refractivity contribution in [1.82, 2.24) is 9.78 Å². The molecule has 5 heteroatoms. The Labute approximate surface area is 157 Å². The molecule has 134 valence electrons. The maximum Gasteiger partial charge on any atom is 0.294 e. The SMILES string of the molecule is O=C(c1ccc(Cn2cccn2)o1)N(Cc1ccccc1)c1ccccc1. The van der Waals surface area contributed by atoms with Crippen molar-refractivity contribution >= 4 is 11.6 Å². The predicted octanol–water partition coefficient (Wildman–Crippen LogP) is 4.37. The van der Waals surface area contributed by atoms with Gasteiger partial charge in [-0.3, -0.25) is 9.48 Å². The highest BCUT2D eigenvalue weighted by atomic mass is 16.4. The van der Waals surface area contributed by atoms with Crippen molar-refractivity contribution in [3.8, 4) is 0 Å². The fourth-order valence-corrected chi connectivity index (χ4v) is 2.92. The van der Waals surface area contributed by atoms with Crippen LogP contribution in [0.25, 0.3) is 0 Å². The Bertz CT molecular complexity index is 993. The lowest BCUT2D eigenvalue weighted by Gasteiger charge is -2.22. The Morgan fingerprint density at radius 2 is 1.67 bits per heavy atom. The fraction of sp³-hybridized carbons (Fsp3) is 0.0909. The van der Waals surface area contributed by atoms with Crippen molar-refractivity contribution in [3.05, 3.63) is 108 Å². The number of carbonyl (C=O) groups excluding carboxylic acids is 1. The van der Waals surface area contributed by atoms with Gasteiger partial charge in [-0.05, 0) is 35.9 Å². The topological polar surface area (TPSA) is 51.3 Å². The van der Waals surface area contributed by atoms with Gasteiger partial charge < -0.3 is 9.32 Å². The van der Waals surface area contributed by atoms with E-state index < -0.39 is 0 Å². The fourth-order valence-electron chi connectivity index (χ4n) is 2.92. The smallest absolute Gasteiger partial charge is 0.294 e. The summed E-state index contributed by atoms with van der Waals surface area (Å²) in [5.74, 6) is 0.837. The molecule has 0 aliphatic heterocycles. The van der Waals surface area contributed by atoms with Gasteiger partial charge in [-0.1, -0.05) is 48.5 Å². The number of nitrogens with zero attached hydrogens (tertiary/aromatic N) is 3. The van der Waals surface area contributed by atoms with E-state index in [1.807, 2.05) is 79.0 Å². The number of hydrogen-bond donors (Lipinski definition) is 0. The van der Waals surface area contributed by atoms with E-state index in [2.05, 4.69) is 5.10 Å². The van der Waals surface area contributed by atoms with E-state index in [-0.39, 0.29) is 5.91 Å². The summed E-state index contributed by atoms with van der Waals surface area (Å²) in [5.41, 5.74) is 1.88. The second-order valence-corrected chi connectivity index (χ2v) is 6.18. The average Bonchev–Trinajstić information content (AvgIpc) is 3.40. The standard InChI is InChI=1S/C22H19N3O2/c26-22(21-13-12-20(27-21)17-24-15-7-14-23-24)25(19-10-5-2-6-11-19)16-18-8-3-1-4-9-18/h1-15H,16-17H2. The van der Waals surface area contributed by atoms with Crippen LogP contribution in [0.2, 0.25) is 0 Å². The number of carbonyl (C=O) groups is 1. The molecule has 4 rings (SSSR count). The lowest BCUT2D eigenvalue weighted by molar-refractivity contribution is 0.0956. The first-order chi connectivity index (χ1) is 13.3. The highest BCUT2D eigenvalue weighted by molar-refractivity contribution is 6.04. The van der Waals surface area contributed by atoms with Crippen molar-refractivity contribution in [2.24, 2.45) is 0 Å². The van der Waals surface area contributed by atoms with Crippen LogP contribution in [0, 0.1) is 0 Å². The number of rotatable bonds is 6. The third-order valence-electron chi connectivity index (χ3n) is 4.25. The van der Waals surface area contributed by atoms with Crippen LogP contribution in [0.3, 0.4) is 0 Å². The number of amides is 1. The molecule has 0 aliphatic rings. The van der Waals surface area contributed by atoms with Crippen LogP contribution in [0.15, 0.2) is 95.7 Å². The summed E-state index contributed by atoms with van der Waals surface area (Å²) < 4.78 is 7.56. The van der Waals surface area contributed by atoms with Crippen LogP contribution in [0.5, 0.6) is 0 Å². The molecular weight excluding hydrogens is 338 g/mol. The number of anilines is 1. The van der Waals surface area contributed by atoms with E-state index in [9.17, 15) is 4.79 Å². The Morgan fingerprint density at radius 1 is 0.926 bits per heavy atom. The van der Waals surface area contributed by atoms with E-state index in [1.54, 1.807) is 21.8 Å². The van der Waals surface area contributed by atoms with Crippen molar-refractivity contribution in [3.63, 3.8) is 0 Å². The van der Waals surface area contributed by atoms with Gasteiger partial charge in [0.2, 0.25) is 0 Å². The molecule has 0 saturated carbocycles. The zero-order chi connectivity index (χ0) is 18.5. The largest absolute Gasteiger partial charge is 0.454 e. The number of benzene rings is 2. The van der Waals surface area contributed by atoms with Crippen LogP contribution in [0.4, 0.5) is 5.69 Å². The summed E-state index contributed by atoms with van der Waals surface area (Å²) in [4.78, 5) is 14.9. The van der Waals surface area contributed by atoms with Crippen molar-refractivity contribution in [2.75, 3.05) is 4.90 Å². The Kier molecular flexibility index (Phi) is 4.83. The lowest BCUT2D eigenvalue weighted by atomic mass is 10.2. The molecular formula is C22H19N3O2. The van der Waals surface area contributed by atoms with Crippen molar-refractivity contribution in [2.45, 2.75) is 13.1 Å². The Morgan fingerprint density at radius 3 is 2.37 bits per heavy atom. The molecule has 0 fully saturated rings. The molecule has 0 unspecified atom stereocenters. The Hall–Kier alpha value is -3.60. The van der Waals surface area contributed by atoms with Crippen LogP contribution >= 0.6 is 0 Å². The van der Waals surface area contributed by atoms with Gasteiger partial charge in [-0.15, -0.1) is 0 Å². The summed E-state index contributed by atoms with van der Waals surface area (Å²) in [7, 11) is 0. The van der Waals surface area contributed by atoms with Crippen LogP contribution < -0.4 is 4.90 Å². The van der Waals surface area contributed by atoms with Gasteiger partial charge in [0.15, 0.2) is 5.76 Å². The molecule has 0 saturated heterocycles. The zero-order valence-corrected chi connectivity index (χ0v) is 14.7. The first kappa shape index (κ1) is 16.8. The molecule has 5 nitrogen and oxygen atoms in total. The molecule has 1 amide bonds. The quantitative estimate of drug-likeness (QED) is 0.515. The van der Waals surface area contributed by atoms with Gasteiger partial charge in [-0.25, -0.2) is 0 Å². The normalized spacial score (nSPS) is 10.7. The molecule has 2 heterocycles. The molecule has 0 bridgehead atoms. The minimum Gasteiger partial charge on any atom is -0.454 e. The zero-order valence-electron chi connectivity index (χ0n) is 14.7. The minimum absolute atomic E-state index is 0.170.